The third-order valence-corrected chi connectivity index (χ3v) is 3.99. The van der Waals surface area contributed by atoms with Crippen molar-refractivity contribution in [1.29, 1.82) is 0 Å². The van der Waals surface area contributed by atoms with E-state index in [4.69, 9.17) is 14.0 Å². The summed E-state index contributed by atoms with van der Waals surface area (Å²) >= 11 is 0. The zero-order valence-corrected chi connectivity index (χ0v) is 13.1. The molecule has 0 radical (unpaired) electrons. The van der Waals surface area contributed by atoms with Gasteiger partial charge < -0.3 is 14.0 Å². The summed E-state index contributed by atoms with van der Waals surface area (Å²) in [6.07, 6.45) is 2.28. The quantitative estimate of drug-likeness (QED) is 0.422. The minimum absolute atomic E-state index is 0.00447. The van der Waals surface area contributed by atoms with Gasteiger partial charge in [0, 0.05) is 12.2 Å². The van der Waals surface area contributed by atoms with Crippen LogP contribution in [0.5, 0.6) is 0 Å². The molecule has 0 spiro atoms. The summed E-state index contributed by atoms with van der Waals surface area (Å²) in [6.45, 7) is 12.6. The number of ether oxygens (including phenoxy) is 1. The summed E-state index contributed by atoms with van der Waals surface area (Å²) in [5.74, 6) is -0.175. The highest BCUT2D eigenvalue weighted by Crippen LogP contribution is 2.40. The normalized spacial score (nSPS) is 22.3. The van der Waals surface area contributed by atoms with Gasteiger partial charge >= 0.3 is 13.1 Å². The molecule has 0 bridgehead atoms. The van der Waals surface area contributed by atoms with Crippen molar-refractivity contribution in [1.82, 2.24) is 0 Å². The third kappa shape index (κ3) is 4.21. The van der Waals surface area contributed by atoms with E-state index in [-0.39, 0.29) is 30.1 Å². The molecule has 1 unspecified atom stereocenters. The van der Waals surface area contributed by atoms with Gasteiger partial charge in [-0.25, -0.2) is 0 Å². The van der Waals surface area contributed by atoms with Gasteiger partial charge in [-0.2, -0.15) is 0 Å². The lowest BCUT2D eigenvalue weighted by Gasteiger charge is -2.32. The number of rotatable bonds is 6. The molecule has 0 aromatic carbocycles. The Balaban J connectivity index is 2.43. The van der Waals surface area contributed by atoms with Crippen molar-refractivity contribution in [2.45, 2.75) is 77.8 Å². The zero-order chi connectivity index (χ0) is 14.7. The number of carbonyl (C=O) groups is 1. The van der Waals surface area contributed by atoms with Crippen LogP contribution in [0.15, 0.2) is 0 Å². The summed E-state index contributed by atoms with van der Waals surface area (Å²) < 4.78 is 17.0. The smallest absolute Gasteiger partial charge is 0.461 e. The molecule has 0 N–H and O–H groups in total. The largest absolute Gasteiger partial charge is 0.466 e. The molecule has 4 nitrogen and oxygen atoms in total. The number of hydrogen-bond acceptors (Lipinski definition) is 4. The van der Waals surface area contributed by atoms with E-state index in [0.29, 0.717) is 13.0 Å². The lowest BCUT2D eigenvalue weighted by Crippen LogP contribution is -2.41. The Morgan fingerprint density at radius 2 is 1.74 bits per heavy atom. The first-order valence-electron chi connectivity index (χ1n) is 7.21. The fourth-order valence-electron chi connectivity index (χ4n) is 1.87. The maximum absolute atomic E-state index is 11.7. The highest BCUT2D eigenvalue weighted by atomic mass is 16.7. The molecule has 0 amide bonds. The lowest BCUT2D eigenvalue weighted by molar-refractivity contribution is -0.143. The maximum Gasteiger partial charge on any atom is 0.461 e. The SMILES string of the molecule is CCCCOC(=O)CC(C)B1OC(C)(C)C(C)(C)O1. The van der Waals surface area contributed by atoms with E-state index >= 15 is 0 Å². The Labute approximate surface area is 117 Å². The molecule has 19 heavy (non-hydrogen) atoms. The van der Waals surface area contributed by atoms with Crippen LogP contribution in [0, 0.1) is 0 Å². The van der Waals surface area contributed by atoms with Gasteiger partial charge in [0.25, 0.3) is 0 Å². The van der Waals surface area contributed by atoms with Crippen molar-refractivity contribution in [2.24, 2.45) is 0 Å². The van der Waals surface area contributed by atoms with Crippen LogP contribution >= 0.6 is 0 Å². The van der Waals surface area contributed by atoms with Gasteiger partial charge in [-0.1, -0.05) is 20.3 Å². The first-order chi connectivity index (χ1) is 8.69. The fraction of sp³-hybridized carbons (Fsp3) is 0.929. The van der Waals surface area contributed by atoms with Crippen molar-refractivity contribution in [3.8, 4) is 0 Å². The number of hydrogen-bond donors (Lipinski definition) is 0. The first kappa shape index (κ1) is 16.5. The van der Waals surface area contributed by atoms with E-state index in [1.807, 2.05) is 34.6 Å². The van der Waals surface area contributed by atoms with Gasteiger partial charge in [0.1, 0.15) is 0 Å². The van der Waals surface area contributed by atoms with Crippen molar-refractivity contribution in [3.63, 3.8) is 0 Å². The van der Waals surface area contributed by atoms with E-state index in [1.165, 1.54) is 0 Å². The molecule has 1 atom stereocenters. The molecular weight excluding hydrogens is 243 g/mol. The van der Waals surface area contributed by atoms with Gasteiger partial charge in [0.2, 0.25) is 0 Å². The average molecular weight is 270 g/mol. The molecule has 1 saturated heterocycles. The van der Waals surface area contributed by atoms with E-state index < -0.39 is 0 Å². The predicted octanol–water partition coefficient (Wildman–Crippen LogP) is 3.20. The molecule has 1 heterocycles. The van der Waals surface area contributed by atoms with Gasteiger partial charge in [0.05, 0.1) is 17.8 Å². The van der Waals surface area contributed by atoms with E-state index in [9.17, 15) is 4.79 Å². The lowest BCUT2D eigenvalue weighted by atomic mass is 9.71. The second kappa shape index (κ2) is 6.27. The monoisotopic (exact) mass is 270 g/mol. The van der Waals surface area contributed by atoms with Gasteiger partial charge in [-0.15, -0.1) is 0 Å². The first-order valence-corrected chi connectivity index (χ1v) is 7.21. The van der Waals surface area contributed by atoms with E-state index in [1.54, 1.807) is 0 Å². The minimum Gasteiger partial charge on any atom is -0.466 e. The Morgan fingerprint density at radius 1 is 1.21 bits per heavy atom. The summed E-state index contributed by atoms with van der Waals surface area (Å²) in [6, 6.07) is 0. The predicted molar refractivity (Wildman–Crippen MR) is 76.0 cm³/mol. The van der Waals surface area contributed by atoms with Crippen LogP contribution in [0.25, 0.3) is 0 Å². The third-order valence-electron chi connectivity index (χ3n) is 3.99. The summed E-state index contributed by atoms with van der Waals surface area (Å²) in [4.78, 5) is 11.7. The molecule has 1 aliphatic heterocycles. The number of esters is 1. The van der Waals surface area contributed by atoms with Crippen LogP contribution in [0.2, 0.25) is 5.82 Å². The summed E-state index contributed by atoms with van der Waals surface area (Å²) in [5.41, 5.74) is -0.698. The van der Waals surface area contributed by atoms with Gasteiger partial charge in [-0.3, -0.25) is 4.79 Å². The van der Waals surface area contributed by atoms with E-state index in [0.717, 1.165) is 12.8 Å². The Morgan fingerprint density at radius 3 is 2.21 bits per heavy atom. The Hall–Kier alpha value is -0.545. The number of carbonyl (C=O) groups excluding carboxylic acids is 1. The number of unbranched alkanes of at least 4 members (excludes halogenated alkanes) is 1. The molecule has 1 rings (SSSR count). The summed E-state index contributed by atoms with van der Waals surface area (Å²) in [5, 5.41) is 0. The van der Waals surface area contributed by atoms with Crippen molar-refractivity contribution < 1.29 is 18.8 Å². The zero-order valence-electron chi connectivity index (χ0n) is 13.1. The second-order valence-electron chi connectivity index (χ2n) is 6.38. The van der Waals surface area contributed by atoms with Crippen LogP contribution < -0.4 is 0 Å². The molecule has 0 saturated carbocycles. The molecule has 0 aromatic heterocycles. The highest BCUT2D eigenvalue weighted by Gasteiger charge is 2.52. The standard InChI is InChI=1S/C14H27BO4/c1-7-8-9-17-12(16)10-11(2)15-18-13(3,4)14(5,6)19-15/h11H,7-10H2,1-6H3. The van der Waals surface area contributed by atoms with Crippen LogP contribution in [-0.2, 0) is 18.8 Å². The van der Waals surface area contributed by atoms with Crippen LogP contribution in [0.3, 0.4) is 0 Å². The molecule has 0 aromatic rings. The van der Waals surface area contributed by atoms with Crippen molar-refractivity contribution >= 4 is 13.1 Å². The fourth-order valence-corrected chi connectivity index (χ4v) is 1.87. The molecular formula is C14H27BO4. The van der Waals surface area contributed by atoms with Crippen LogP contribution in [0.4, 0.5) is 0 Å². The average Bonchev–Trinajstić information content (AvgIpc) is 2.48. The van der Waals surface area contributed by atoms with Gasteiger partial charge in [0.15, 0.2) is 0 Å². The molecule has 1 fully saturated rings. The maximum atomic E-state index is 11.7. The topological polar surface area (TPSA) is 44.8 Å². The molecule has 1 aliphatic rings. The van der Waals surface area contributed by atoms with Crippen LogP contribution in [0.1, 0.15) is 60.8 Å². The summed E-state index contributed by atoms with van der Waals surface area (Å²) in [7, 11) is -0.344. The molecule has 5 heteroatoms. The van der Waals surface area contributed by atoms with Crippen molar-refractivity contribution in [3.05, 3.63) is 0 Å². The Bertz CT molecular complexity index is 299. The van der Waals surface area contributed by atoms with E-state index in [2.05, 4.69) is 6.92 Å². The van der Waals surface area contributed by atoms with Gasteiger partial charge in [-0.05, 0) is 34.1 Å². The van der Waals surface area contributed by atoms with Crippen molar-refractivity contribution in [2.75, 3.05) is 6.61 Å². The molecule has 0 aliphatic carbocycles. The Kier molecular flexibility index (Phi) is 5.45. The molecule has 110 valence electrons. The minimum atomic E-state index is -0.349. The van der Waals surface area contributed by atoms with Crippen LogP contribution in [-0.4, -0.2) is 30.9 Å². The second-order valence-corrected chi connectivity index (χ2v) is 6.38. The highest BCUT2D eigenvalue weighted by molar-refractivity contribution is 6.47.